The minimum atomic E-state index is -0.538. The lowest BCUT2D eigenvalue weighted by Crippen LogP contribution is -2.13. The van der Waals surface area contributed by atoms with Crippen molar-refractivity contribution in [2.24, 2.45) is 0 Å². The summed E-state index contributed by atoms with van der Waals surface area (Å²) >= 11 is 3.12. The molecule has 6 nitrogen and oxygen atoms in total. The van der Waals surface area contributed by atoms with E-state index in [0.717, 1.165) is 6.07 Å². The summed E-state index contributed by atoms with van der Waals surface area (Å²) in [6.45, 7) is 0. The molecule has 92 valence electrons. The number of aromatic nitrogens is 2. The lowest BCUT2D eigenvalue weighted by atomic mass is 10.2. The first-order chi connectivity index (χ1) is 8.56. The Bertz CT molecular complexity index is 587. The Hall–Kier alpha value is -2.15. The largest absolute Gasteiger partial charge is 0.508 e. The molecule has 1 aromatic carbocycles. The van der Waals surface area contributed by atoms with Gasteiger partial charge >= 0.3 is 0 Å². The Kier molecular flexibility index (Phi) is 3.42. The van der Waals surface area contributed by atoms with Crippen molar-refractivity contribution >= 4 is 27.7 Å². The normalized spacial score (nSPS) is 10.1. The third-order valence-electron chi connectivity index (χ3n) is 2.09. The average molecular weight is 310 g/mol. The molecular weight excluding hydrogens is 302 g/mol. The Morgan fingerprint density at radius 2 is 2.00 bits per heavy atom. The van der Waals surface area contributed by atoms with Crippen LogP contribution in [0.3, 0.4) is 0 Å². The van der Waals surface area contributed by atoms with Gasteiger partial charge in [0.1, 0.15) is 16.1 Å². The second-order valence-electron chi connectivity index (χ2n) is 3.38. The van der Waals surface area contributed by atoms with Crippen molar-refractivity contribution in [2.45, 2.75) is 0 Å². The van der Waals surface area contributed by atoms with Crippen LogP contribution in [0.1, 0.15) is 10.4 Å². The second-order valence-corrected chi connectivity index (χ2v) is 4.19. The zero-order chi connectivity index (χ0) is 13.1. The number of benzene rings is 1. The van der Waals surface area contributed by atoms with E-state index in [9.17, 15) is 9.90 Å². The van der Waals surface area contributed by atoms with Crippen LogP contribution >= 0.6 is 15.9 Å². The molecule has 0 aliphatic rings. The van der Waals surface area contributed by atoms with Gasteiger partial charge in [-0.25, -0.2) is 9.97 Å². The van der Waals surface area contributed by atoms with Crippen LogP contribution in [0.15, 0.2) is 35.2 Å². The monoisotopic (exact) mass is 309 g/mol. The van der Waals surface area contributed by atoms with Gasteiger partial charge in [-0.1, -0.05) is 0 Å². The minimum Gasteiger partial charge on any atom is -0.508 e. The maximum Gasteiger partial charge on any atom is 0.260 e. The Balaban J connectivity index is 2.19. The Labute approximate surface area is 110 Å². The van der Waals surface area contributed by atoms with E-state index < -0.39 is 5.91 Å². The molecule has 7 heteroatoms. The van der Waals surface area contributed by atoms with E-state index in [0.29, 0.717) is 4.60 Å². The van der Waals surface area contributed by atoms with Crippen molar-refractivity contribution in [3.05, 3.63) is 40.8 Å². The molecule has 1 amide bonds. The van der Waals surface area contributed by atoms with Crippen molar-refractivity contribution in [1.29, 1.82) is 0 Å². The van der Waals surface area contributed by atoms with E-state index in [1.807, 2.05) is 0 Å². The molecule has 0 spiro atoms. The van der Waals surface area contributed by atoms with Gasteiger partial charge in [0.25, 0.3) is 5.91 Å². The summed E-state index contributed by atoms with van der Waals surface area (Å²) in [6.07, 6.45) is 2.81. The number of hydrogen-bond donors (Lipinski definition) is 3. The molecule has 2 rings (SSSR count). The van der Waals surface area contributed by atoms with Crippen LogP contribution in [0.5, 0.6) is 11.5 Å². The van der Waals surface area contributed by atoms with Gasteiger partial charge in [-0.2, -0.15) is 0 Å². The standard InChI is InChI=1S/C11H8BrN3O3/c12-9-4-14-10(5-13-9)15-11(18)7-2-1-6(16)3-8(7)17/h1-5,16-17H,(H,14,15,18). The molecule has 0 aliphatic heterocycles. The van der Waals surface area contributed by atoms with Crippen LogP contribution in [-0.2, 0) is 0 Å². The number of carbonyl (C=O) groups is 1. The average Bonchev–Trinajstić information content (AvgIpc) is 2.32. The van der Waals surface area contributed by atoms with Crippen molar-refractivity contribution < 1.29 is 15.0 Å². The lowest BCUT2D eigenvalue weighted by Gasteiger charge is -2.06. The van der Waals surface area contributed by atoms with Gasteiger partial charge in [0.05, 0.1) is 18.0 Å². The summed E-state index contributed by atoms with van der Waals surface area (Å²) < 4.78 is 0.549. The van der Waals surface area contributed by atoms with Gasteiger partial charge in [0.15, 0.2) is 5.82 Å². The minimum absolute atomic E-state index is 0.0394. The van der Waals surface area contributed by atoms with E-state index in [1.165, 1.54) is 24.5 Å². The van der Waals surface area contributed by atoms with E-state index in [1.54, 1.807) is 0 Å². The highest BCUT2D eigenvalue weighted by Gasteiger charge is 2.12. The number of rotatable bonds is 2. The molecule has 2 aromatic rings. The molecule has 0 aliphatic carbocycles. The first-order valence-electron chi connectivity index (χ1n) is 4.87. The number of phenolic OH excluding ortho intramolecular Hbond substituents is 2. The fraction of sp³-hybridized carbons (Fsp3) is 0. The predicted molar refractivity (Wildman–Crippen MR) is 67.5 cm³/mol. The summed E-state index contributed by atoms with van der Waals surface area (Å²) in [7, 11) is 0. The van der Waals surface area contributed by atoms with Crippen LogP contribution in [0.4, 0.5) is 5.82 Å². The molecule has 0 bridgehead atoms. The fourth-order valence-corrected chi connectivity index (χ4v) is 1.48. The van der Waals surface area contributed by atoms with Crippen LogP contribution < -0.4 is 5.32 Å². The number of hydrogen-bond acceptors (Lipinski definition) is 5. The molecule has 3 N–H and O–H groups in total. The smallest absolute Gasteiger partial charge is 0.260 e. The molecule has 0 radical (unpaired) electrons. The summed E-state index contributed by atoms with van der Waals surface area (Å²) in [5.41, 5.74) is 0.0394. The Morgan fingerprint density at radius 1 is 1.22 bits per heavy atom. The molecule has 18 heavy (non-hydrogen) atoms. The zero-order valence-electron chi connectivity index (χ0n) is 8.96. The maximum atomic E-state index is 11.8. The quantitative estimate of drug-likeness (QED) is 0.787. The third-order valence-corrected chi connectivity index (χ3v) is 2.50. The predicted octanol–water partition coefficient (Wildman–Crippen LogP) is 1.90. The van der Waals surface area contributed by atoms with Gasteiger partial charge in [-0.3, -0.25) is 4.79 Å². The van der Waals surface area contributed by atoms with Gasteiger partial charge in [-0.15, -0.1) is 0 Å². The summed E-state index contributed by atoms with van der Waals surface area (Å²) in [5, 5.41) is 21.1. The molecule has 0 fully saturated rings. The number of amides is 1. The highest BCUT2D eigenvalue weighted by molar-refractivity contribution is 9.10. The Morgan fingerprint density at radius 3 is 2.61 bits per heavy atom. The first-order valence-corrected chi connectivity index (χ1v) is 5.66. The molecule has 0 atom stereocenters. The fourth-order valence-electron chi connectivity index (χ4n) is 1.27. The van der Waals surface area contributed by atoms with E-state index in [2.05, 4.69) is 31.2 Å². The summed E-state index contributed by atoms with van der Waals surface area (Å²) in [6, 6.07) is 3.70. The number of anilines is 1. The highest BCUT2D eigenvalue weighted by Crippen LogP contribution is 2.23. The van der Waals surface area contributed by atoms with Gasteiger partial charge < -0.3 is 15.5 Å². The third kappa shape index (κ3) is 2.75. The van der Waals surface area contributed by atoms with E-state index in [-0.39, 0.29) is 22.9 Å². The molecule has 0 saturated heterocycles. The molecule has 1 heterocycles. The molecule has 1 aromatic heterocycles. The van der Waals surface area contributed by atoms with Crippen molar-refractivity contribution in [1.82, 2.24) is 9.97 Å². The zero-order valence-corrected chi connectivity index (χ0v) is 10.5. The highest BCUT2D eigenvalue weighted by atomic mass is 79.9. The topological polar surface area (TPSA) is 95.3 Å². The lowest BCUT2D eigenvalue weighted by molar-refractivity contribution is 0.102. The molecule has 0 saturated carbocycles. The van der Waals surface area contributed by atoms with Crippen LogP contribution in [0, 0.1) is 0 Å². The number of nitrogens with one attached hydrogen (secondary N) is 1. The summed E-state index contributed by atoms with van der Waals surface area (Å²) in [5.74, 6) is -0.704. The number of nitrogens with zero attached hydrogens (tertiary/aromatic N) is 2. The van der Waals surface area contributed by atoms with Gasteiger partial charge in [0.2, 0.25) is 0 Å². The first kappa shape index (κ1) is 12.3. The molecule has 0 unspecified atom stereocenters. The summed E-state index contributed by atoms with van der Waals surface area (Å²) in [4.78, 5) is 19.6. The SMILES string of the molecule is O=C(Nc1cnc(Br)cn1)c1ccc(O)cc1O. The van der Waals surface area contributed by atoms with Crippen LogP contribution in [0.2, 0.25) is 0 Å². The number of carbonyl (C=O) groups excluding carboxylic acids is 1. The number of halogens is 1. The van der Waals surface area contributed by atoms with Crippen molar-refractivity contribution in [3.63, 3.8) is 0 Å². The molecular formula is C11H8BrN3O3. The number of aromatic hydroxyl groups is 2. The van der Waals surface area contributed by atoms with Gasteiger partial charge in [-0.05, 0) is 28.1 Å². The maximum absolute atomic E-state index is 11.8. The number of phenols is 2. The van der Waals surface area contributed by atoms with Crippen LogP contribution in [-0.4, -0.2) is 26.1 Å². The van der Waals surface area contributed by atoms with Crippen molar-refractivity contribution in [2.75, 3.05) is 5.32 Å². The van der Waals surface area contributed by atoms with Crippen molar-refractivity contribution in [3.8, 4) is 11.5 Å². The second kappa shape index (κ2) is 5.01. The van der Waals surface area contributed by atoms with Gasteiger partial charge in [0, 0.05) is 6.07 Å². The van der Waals surface area contributed by atoms with Crippen LogP contribution in [0.25, 0.3) is 0 Å². The van der Waals surface area contributed by atoms with E-state index in [4.69, 9.17) is 5.11 Å². The van der Waals surface area contributed by atoms with E-state index >= 15 is 0 Å².